The van der Waals surface area contributed by atoms with Gasteiger partial charge in [-0.15, -0.1) is 0 Å². The summed E-state index contributed by atoms with van der Waals surface area (Å²) in [5.41, 5.74) is 0.387. The van der Waals surface area contributed by atoms with Gasteiger partial charge in [-0.3, -0.25) is 4.79 Å². The molecule has 4 nitrogen and oxygen atoms in total. The Hall–Kier alpha value is -1.55. The van der Waals surface area contributed by atoms with E-state index in [0.717, 1.165) is 0 Å². The average Bonchev–Trinajstić information content (AvgIpc) is 2.18. The van der Waals surface area contributed by atoms with Crippen molar-refractivity contribution in [2.45, 2.75) is 19.9 Å². The van der Waals surface area contributed by atoms with Gasteiger partial charge in [0.2, 0.25) is 0 Å². The third-order valence-electron chi connectivity index (χ3n) is 1.97. The largest absolute Gasteiger partial charge is 0.504 e. The highest BCUT2D eigenvalue weighted by Gasteiger charge is 2.08. The van der Waals surface area contributed by atoms with Gasteiger partial charge in [-0.25, -0.2) is 0 Å². The number of hydrogen-bond acceptors (Lipinski definition) is 4. The molecule has 0 saturated carbocycles. The Labute approximate surface area is 88.6 Å². The van der Waals surface area contributed by atoms with Gasteiger partial charge in [0.15, 0.2) is 17.3 Å². The summed E-state index contributed by atoms with van der Waals surface area (Å²) < 4.78 is 0. The topological polar surface area (TPSA) is 69.6 Å². The van der Waals surface area contributed by atoms with Gasteiger partial charge >= 0.3 is 0 Å². The molecule has 1 rings (SSSR count). The Morgan fingerprint density at radius 3 is 2.53 bits per heavy atom. The average molecular weight is 209 g/mol. The van der Waals surface area contributed by atoms with Crippen LogP contribution in [-0.4, -0.2) is 28.6 Å². The lowest BCUT2D eigenvalue weighted by Gasteiger charge is -2.07. The lowest BCUT2D eigenvalue weighted by atomic mass is 10.1. The van der Waals surface area contributed by atoms with Gasteiger partial charge in [0.25, 0.3) is 0 Å². The van der Waals surface area contributed by atoms with E-state index in [4.69, 9.17) is 5.11 Å². The molecule has 0 saturated heterocycles. The van der Waals surface area contributed by atoms with Crippen molar-refractivity contribution in [2.75, 3.05) is 6.54 Å². The van der Waals surface area contributed by atoms with Crippen molar-refractivity contribution in [1.29, 1.82) is 0 Å². The van der Waals surface area contributed by atoms with Crippen LogP contribution in [0.25, 0.3) is 0 Å². The molecule has 4 heteroatoms. The zero-order chi connectivity index (χ0) is 11.4. The van der Waals surface area contributed by atoms with Gasteiger partial charge in [-0.2, -0.15) is 0 Å². The molecule has 0 bridgehead atoms. The molecule has 0 heterocycles. The van der Waals surface area contributed by atoms with Crippen LogP contribution in [0.4, 0.5) is 0 Å². The van der Waals surface area contributed by atoms with Gasteiger partial charge in [0, 0.05) is 11.6 Å². The van der Waals surface area contributed by atoms with E-state index in [1.807, 2.05) is 13.8 Å². The van der Waals surface area contributed by atoms with Crippen molar-refractivity contribution in [1.82, 2.24) is 5.32 Å². The number of phenols is 2. The molecule has 3 N–H and O–H groups in total. The number of nitrogens with one attached hydrogen (secondary N) is 1. The first-order valence-corrected chi connectivity index (χ1v) is 4.79. The van der Waals surface area contributed by atoms with Crippen LogP contribution in [0.5, 0.6) is 11.5 Å². The monoisotopic (exact) mass is 209 g/mol. The Bertz CT molecular complexity index is 361. The summed E-state index contributed by atoms with van der Waals surface area (Å²) in [6.45, 7) is 4.12. The van der Waals surface area contributed by atoms with E-state index in [0.29, 0.717) is 5.56 Å². The SMILES string of the molecule is CC(C)NCC(=O)c1ccc(O)c(O)c1. The lowest BCUT2D eigenvalue weighted by molar-refractivity contribution is 0.0988. The van der Waals surface area contributed by atoms with Crippen molar-refractivity contribution in [3.05, 3.63) is 23.8 Å². The summed E-state index contributed by atoms with van der Waals surface area (Å²) in [6.07, 6.45) is 0. The zero-order valence-corrected chi connectivity index (χ0v) is 8.82. The first kappa shape index (κ1) is 11.5. The maximum Gasteiger partial charge on any atom is 0.176 e. The van der Waals surface area contributed by atoms with Crippen molar-refractivity contribution >= 4 is 5.78 Å². The van der Waals surface area contributed by atoms with Crippen molar-refractivity contribution < 1.29 is 15.0 Å². The Morgan fingerprint density at radius 1 is 1.33 bits per heavy atom. The van der Waals surface area contributed by atoms with Crippen LogP contribution in [0.2, 0.25) is 0 Å². The van der Waals surface area contributed by atoms with Crippen LogP contribution < -0.4 is 5.32 Å². The standard InChI is InChI=1S/C11H15NO3/c1-7(2)12-6-11(15)8-3-4-9(13)10(14)5-8/h3-5,7,12-14H,6H2,1-2H3. The Kier molecular flexibility index (Phi) is 3.68. The van der Waals surface area contributed by atoms with E-state index >= 15 is 0 Å². The van der Waals surface area contributed by atoms with E-state index in [1.54, 1.807) is 0 Å². The predicted octanol–water partition coefficient (Wildman–Crippen LogP) is 1.28. The Morgan fingerprint density at radius 2 is 2.00 bits per heavy atom. The summed E-state index contributed by atoms with van der Waals surface area (Å²) >= 11 is 0. The molecule has 0 aliphatic rings. The summed E-state index contributed by atoms with van der Waals surface area (Å²) in [5, 5.41) is 21.3. The minimum Gasteiger partial charge on any atom is -0.504 e. The predicted molar refractivity (Wildman–Crippen MR) is 57.2 cm³/mol. The number of aromatic hydroxyl groups is 2. The second-order valence-electron chi connectivity index (χ2n) is 3.66. The fourth-order valence-corrected chi connectivity index (χ4v) is 1.10. The highest BCUT2D eigenvalue weighted by Crippen LogP contribution is 2.24. The minimum absolute atomic E-state index is 0.112. The van der Waals surface area contributed by atoms with Crippen molar-refractivity contribution in [3.63, 3.8) is 0 Å². The van der Waals surface area contributed by atoms with E-state index in [9.17, 15) is 9.90 Å². The van der Waals surface area contributed by atoms with Gasteiger partial charge < -0.3 is 15.5 Å². The molecule has 0 amide bonds. The fraction of sp³-hybridized carbons (Fsp3) is 0.364. The summed E-state index contributed by atoms with van der Waals surface area (Å²) in [5.74, 6) is -0.604. The molecule has 0 aromatic heterocycles. The minimum atomic E-state index is -0.273. The molecule has 15 heavy (non-hydrogen) atoms. The number of carbonyl (C=O) groups is 1. The number of Topliss-reactive ketones (excluding diaryl/α,β-unsaturated/α-hetero) is 1. The molecule has 0 atom stereocenters. The number of rotatable bonds is 4. The molecular weight excluding hydrogens is 194 g/mol. The zero-order valence-electron chi connectivity index (χ0n) is 8.82. The fourth-order valence-electron chi connectivity index (χ4n) is 1.10. The van der Waals surface area contributed by atoms with E-state index < -0.39 is 0 Å². The quantitative estimate of drug-likeness (QED) is 0.516. The van der Waals surface area contributed by atoms with Gasteiger partial charge in [-0.05, 0) is 18.2 Å². The molecule has 1 aromatic carbocycles. The second kappa shape index (κ2) is 4.79. The molecule has 0 fully saturated rings. The molecular formula is C11H15NO3. The lowest BCUT2D eigenvalue weighted by Crippen LogP contribution is -2.29. The summed E-state index contributed by atoms with van der Waals surface area (Å²) in [6, 6.07) is 4.29. The van der Waals surface area contributed by atoms with E-state index in [1.165, 1.54) is 18.2 Å². The van der Waals surface area contributed by atoms with Crippen molar-refractivity contribution in [2.24, 2.45) is 0 Å². The summed E-state index contributed by atoms with van der Waals surface area (Å²) in [7, 11) is 0. The first-order valence-electron chi connectivity index (χ1n) is 4.79. The molecule has 0 radical (unpaired) electrons. The highest BCUT2D eigenvalue weighted by atomic mass is 16.3. The van der Waals surface area contributed by atoms with Gasteiger partial charge in [-0.1, -0.05) is 13.8 Å². The van der Waals surface area contributed by atoms with Crippen LogP contribution in [0.15, 0.2) is 18.2 Å². The molecule has 82 valence electrons. The highest BCUT2D eigenvalue weighted by molar-refractivity contribution is 5.98. The number of benzene rings is 1. The van der Waals surface area contributed by atoms with Crippen LogP contribution in [-0.2, 0) is 0 Å². The van der Waals surface area contributed by atoms with Gasteiger partial charge in [0.1, 0.15) is 0 Å². The number of hydrogen-bond donors (Lipinski definition) is 3. The second-order valence-corrected chi connectivity index (χ2v) is 3.66. The van der Waals surface area contributed by atoms with Crippen LogP contribution in [0.3, 0.4) is 0 Å². The van der Waals surface area contributed by atoms with Crippen LogP contribution >= 0.6 is 0 Å². The van der Waals surface area contributed by atoms with E-state index in [-0.39, 0.29) is 29.9 Å². The number of carbonyl (C=O) groups excluding carboxylic acids is 1. The molecule has 1 aromatic rings. The van der Waals surface area contributed by atoms with Gasteiger partial charge in [0.05, 0.1) is 6.54 Å². The van der Waals surface area contributed by atoms with Crippen LogP contribution in [0, 0.1) is 0 Å². The molecule has 0 unspecified atom stereocenters. The third-order valence-corrected chi connectivity index (χ3v) is 1.97. The normalized spacial score (nSPS) is 10.6. The Balaban J connectivity index is 2.70. The van der Waals surface area contributed by atoms with E-state index in [2.05, 4.69) is 5.32 Å². The number of ketones is 1. The smallest absolute Gasteiger partial charge is 0.176 e. The molecule has 0 spiro atoms. The van der Waals surface area contributed by atoms with Crippen LogP contribution in [0.1, 0.15) is 24.2 Å². The number of phenolic OH excluding ortho intramolecular Hbond substituents is 2. The molecule has 0 aliphatic heterocycles. The maximum absolute atomic E-state index is 11.6. The molecule has 0 aliphatic carbocycles. The third kappa shape index (κ3) is 3.25. The summed E-state index contributed by atoms with van der Waals surface area (Å²) in [4.78, 5) is 11.6. The maximum atomic E-state index is 11.6. The first-order chi connectivity index (χ1) is 7.00. The van der Waals surface area contributed by atoms with Crippen molar-refractivity contribution in [3.8, 4) is 11.5 Å².